The van der Waals surface area contributed by atoms with E-state index in [1.165, 1.54) is 4.90 Å². The van der Waals surface area contributed by atoms with Gasteiger partial charge in [-0.2, -0.15) is 0 Å². The lowest BCUT2D eigenvalue weighted by Gasteiger charge is -2.28. The standard InChI is InChI=1S/C20H18Cl2N2O3/c1-2-6-16-17-18(27-24(16)13-9-10-14(21)15(22)11-13)20(26)23(19(17)25)12-7-4-3-5-8-12/h3-5,7-11,16-18H,2,6H2,1H3/t16-,17-,18-/m0/s1. The molecule has 140 valence electrons. The van der Waals surface area contributed by atoms with Crippen molar-refractivity contribution in [3.05, 3.63) is 58.6 Å². The molecule has 0 bridgehead atoms. The Bertz CT molecular complexity index is 890. The lowest BCUT2D eigenvalue weighted by molar-refractivity contribution is -0.126. The molecular formula is C20H18Cl2N2O3. The molecule has 4 rings (SSSR count). The molecule has 5 nitrogen and oxygen atoms in total. The van der Waals surface area contributed by atoms with Crippen LogP contribution in [0.2, 0.25) is 10.0 Å². The average molecular weight is 405 g/mol. The van der Waals surface area contributed by atoms with Crippen molar-refractivity contribution in [2.45, 2.75) is 31.9 Å². The number of rotatable bonds is 4. The molecule has 2 aromatic rings. The smallest absolute Gasteiger partial charge is 0.266 e. The van der Waals surface area contributed by atoms with E-state index in [-0.39, 0.29) is 17.9 Å². The molecule has 2 saturated heterocycles. The number of hydrogen-bond acceptors (Lipinski definition) is 4. The van der Waals surface area contributed by atoms with Crippen LogP contribution in [0.15, 0.2) is 48.5 Å². The second-order valence-corrected chi connectivity index (χ2v) is 7.49. The lowest BCUT2D eigenvalue weighted by Crippen LogP contribution is -2.40. The summed E-state index contributed by atoms with van der Waals surface area (Å²) in [5.41, 5.74) is 1.26. The largest absolute Gasteiger partial charge is 0.273 e. The highest BCUT2D eigenvalue weighted by Crippen LogP contribution is 2.42. The van der Waals surface area contributed by atoms with Gasteiger partial charge in [-0.25, -0.2) is 9.96 Å². The highest BCUT2D eigenvalue weighted by molar-refractivity contribution is 6.42. The summed E-state index contributed by atoms with van der Waals surface area (Å²) < 4.78 is 0. The Balaban J connectivity index is 1.69. The van der Waals surface area contributed by atoms with Crippen molar-refractivity contribution < 1.29 is 14.4 Å². The number of hydroxylamine groups is 1. The highest BCUT2D eigenvalue weighted by atomic mass is 35.5. The third-order valence-electron chi connectivity index (χ3n) is 4.99. The van der Waals surface area contributed by atoms with E-state index in [4.69, 9.17) is 28.0 Å². The molecule has 27 heavy (non-hydrogen) atoms. The quantitative estimate of drug-likeness (QED) is 0.705. The van der Waals surface area contributed by atoms with Gasteiger partial charge >= 0.3 is 0 Å². The predicted octanol–water partition coefficient (Wildman–Crippen LogP) is 4.47. The number of hydrogen-bond donors (Lipinski definition) is 0. The zero-order chi connectivity index (χ0) is 19.1. The van der Waals surface area contributed by atoms with Gasteiger partial charge in [0, 0.05) is 0 Å². The number of imide groups is 1. The van der Waals surface area contributed by atoms with Gasteiger partial charge in [0.15, 0.2) is 6.10 Å². The van der Waals surface area contributed by atoms with Crippen molar-refractivity contribution in [3.63, 3.8) is 0 Å². The summed E-state index contributed by atoms with van der Waals surface area (Å²) in [7, 11) is 0. The van der Waals surface area contributed by atoms with E-state index in [0.29, 0.717) is 27.8 Å². The maximum Gasteiger partial charge on any atom is 0.266 e. The van der Waals surface area contributed by atoms with Crippen LogP contribution in [-0.2, 0) is 14.4 Å². The number of halogens is 2. The number of carbonyl (C=O) groups excluding carboxylic acids is 2. The van der Waals surface area contributed by atoms with Gasteiger partial charge in [0.25, 0.3) is 5.91 Å². The third-order valence-corrected chi connectivity index (χ3v) is 5.73. The van der Waals surface area contributed by atoms with Crippen LogP contribution in [0.4, 0.5) is 11.4 Å². The number of para-hydroxylation sites is 1. The van der Waals surface area contributed by atoms with Crippen LogP contribution < -0.4 is 9.96 Å². The molecule has 2 amide bonds. The molecule has 0 spiro atoms. The van der Waals surface area contributed by atoms with Crippen LogP contribution in [0.25, 0.3) is 0 Å². The number of carbonyl (C=O) groups is 2. The van der Waals surface area contributed by atoms with Crippen LogP contribution in [0.5, 0.6) is 0 Å². The maximum absolute atomic E-state index is 13.1. The molecule has 2 aliphatic rings. The summed E-state index contributed by atoms with van der Waals surface area (Å²) in [4.78, 5) is 33.3. The highest BCUT2D eigenvalue weighted by Gasteiger charge is 2.59. The molecule has 7 heteroatoms. The van der Waals surface area contributed by atoms with E-state index in [1.807, 2.05) is 13.0 Å². The summed E-state index contributed by atoms with van der Waals surface area (Å²) in [6.07, 6.45) is 0.731. The predicted molar refractivity (Wildman–Crippen MR) is 105 cm³/mol. The fourth-order valence-corrected chi connectivity index (χ4v) is 4.08. The minimum atomic E-state index is -0.830. The number of amides is 2. The van der Waals surface area contributed by atoms with Crippen LogP contribution >= 0.6 is 23.2 Å². The first-order valence-corrected chi connectivity index (χ1v) is 9.62. The first-order valence-electron chi connectivity index (χ1n) is 8.87. The first kappa shape index (κ1) is 18.3. The van der Waals surface area contributed by atoms with E-state index in [1.54, 1.807) is 47.5 Å². The fourth-order valence-electron chi connectivity index (χ4n) is 3.79. The Morgan fingerprint density at radius 1 is 0.963 bits per heavy atom. The SMILES string of the molecule is CCC[C@H]1[C@@H]2C(=O)N(c3ccccc3)C(=O)[C@H]2ON1c1ccc(Cl)c(Cl)c1. The summed E-state index contributed by atoms with van der Waals surface area (Å²) >= 11 is 12.1. The van der Waals surface area contributed by atoms with Gasteiger partial charge in [-0.05, 0) is 36.8 Å². The molecule has 2 aliphatic heterocycles. The molecule has 2 fully saturated rings. The summed E-state index contributed by atoms with van der Waals surface area (Å²) in [5.74, 6) is -1.11. The molecular weight excluding hydrogens is 387 g/mol. The molecule has 0 aromatic heterocycles. The Hall–Kier alpha value is -2.08. The number of nitrogens with zero attached hydrogens (tertiary/aromatic N) is 2. The fraction of sp³-hybridized carbons (Fsp3) is 0.300. The van der Waals surface area contributed by atoms with Gasteiger partial charge in [-0.15, -0.1) is 0 Å². The Labute approximate surface area is 167 Å². The number of anilines is 2. The van der Waals surface area contributed by atoms with E-state index in [0.717, 1.165) is 6.42 Å². The van der Waals surface area contributed by atoms with Gasteiger partial charge in [0.2, 0.25) is 5.91 Å². The van der Waals surface area contributed by atoms with Crippen molar-refractivity contribution in [3.8, 4) is 0 Å². The monoisotopic (exact) mass is 404 g/mol. The van der Waals surface area contributed by atoms with Gasteiger partial charge in [-0.1, -0.05) is 54.7 Å². The molecule has 0 aliphatic carbocycles. The normalized spacial score (nSPS) is 24.6. The van der Waals surface area contributed by atoms with E-state index in [9.17, 15) is 9.59 Å². The Morgan fingerprint density at radius 3 is 2.37 bits per heavy atom. The van der Waals surface area contributed by atoms with Gasteiger partial charge < -0.3 is 0 Å². The Morgan fingerprint density at radius 2 is 1.70 bits per heavy atom. The second kappa shape index (κ2) is 7.15. The minimum absolute atomic E-state index is 0.225. The minimum Gasteiger partial charge on any atom is -0.273 e. The number of benzene rings is 2. The topological polar surface area (TPSA) is 49.9 Å². The number of fused-ring (bicyclic) bond motifs is 1. The average Bonchev–Trinajstić information content (AvgIpc) is 3.15. The van der Waals surface area contributed by atoms with Gasteiger partial charge in [-0.3, -0.25) is 14.4 Å². The summed E-state index contributed by atoms with van der Waals surface area (Å²) in [6.45, 7) is 2.04. The third kappa shape index (κ3) is 3.00. The van der Waals surface area contributed by atoms with E-state index < -0.39 is 12.0 Å². The first-order chi connectivity index (χ1) is 13.0. The van der Waals surface area contributed by atoms with Crippen LogP contribution in [0.3, 0.4) is 0 Å². The van der Waals surface area contributed by atoms with Gasteiger partial charge in [0.1, 0.15) is 0 Å². The molecule has 2 aromatic carbocycles. The van der Waals surface area contributed by atoms with Gasteiger partial charge in [0.05, 0.1) is 33.4 Å². The zero-order valence-corrected chi connectivity index (χ0v) is 16.2. The van der Waals surface area contributed by atoms with Crippen molar-refractivity contribution >= 4 is 46.4 Å². The summed E-state index contributed by atoms with van der Waals surface area (Å²) in [6, 6.07) is 13.9. The van der Waals surface area contributed by atoms with Crippen molar-refractivity contribution in [2.24, 2.45) is 5.92 Å². The van der Waals surface area contributed by atoms with E-state index >= 15 is 0 Å². The van der Waals surface area contributed by atoms with Crippen LogP contribution in [0, 0.1) is 5.92 Å². The van der Waals surface area contributed by atoms with Crippen LogP contribution in [-0.4, -0.2) is 24.0 Å². The lowest BCUT2D eigenvalue weighted by atomic mass is 9.93. The molecule has 3 atom stereocenters. The molecule has 0 saturated carbocycles. The van der Waals surface area contributed by atoms with Crippen molar-refractivity contribution in [1.29, 1.82) is 0 Å². The molecule has 0 radical (unpaired) electrons. The van der Waals surface area contributed by atoms with E-state index in [2.05, 4.69) is 0 Å². The summed E-state index contributed by atoms with van der Waals surface area (Å²) in [5, 5.41) is 2.49. The molecule has 0 unspecified atom stereocenters. The molecule has 2 heterocycles. The van der Waals surface area contributed by atoms with Crippen molar-refractivity contribution in [1.82, 2.24) is 0 Å². The van der Waals surface area contributed by atoms with Crippen LogP contribution in [0.1, 0.15) is 19.8 Å². The second-order valence-electron chi connectivity index (χ2n) is 6.68. The zero-order valence-electron chi connectivity index (χ0n) is 14.6. The maximum atomic E-state index is 13.1. The molecule has 0 N–H and O–H groups in total. The Kier molecular flexibility index (Phi) is 4.84. The van der Waals surface area contributed by atoms with Crippen molar-refractivity contribution in [2.75, 3.05) is 9.96 Å².